The summed E-state index contributed by atoms with van der Waals surface area (Å²) >= 11 is 3.41. The zero-order valence-electron chi connectivity index (χ0n) is 12.4. The second-order valence-corrected chi connectivity index (χ2v) is 6.41. The molecule has 0 aromatic heterocycles. The van der Waals surface area contributed by atoms with Gasteiger partial charge in [-0.1, -0.05) is 22.0 Å². The molecule has 0 bridgehead atoms. The van der Waals surface area contributed by atoms with Gasteiger partial charge in [-0.25, -0.2) is 0 Å². The van der Waals surface area contributed by atoms with Crippen LogP contribution in [0.4, 0.5) is 24.5 Å². The molecule has 2 aromatic carbocycles. The fourth-order valence-corrected chi connectivity index (χ4v) is 3.02. The highest BCUT2D eigenvalue weighted by atomic mass is 79.9. The Morgan fingerprint density at radius 2 is 1.35 bits per heavy atom. The Kier molecular flexibility index (Phi) is 4.53. The van der Waals surface area contributed by atoms with Crippen LogP contribution in [0.3, 0.4) is 0 Å². The molecule has 1 saturated heterocycles. The van der Waals surface area contributed by atoms with Crippen molar-refractivity contribution in [2.75, 3.05) is 36.0 Å². The number of piperazine rings is 1. The van der Waals surface area contributed by atoms with Crippen molar-refractivity contribution in [1.29, 1.82) is 0 Å². The highest BCUT2D eigenvalue weighted by molar-refractivity contribution is 9.10. The first-order chi connectivity index (χ1) is 10.9. The third kappa shape index (κ3) is 3.80. The van der Waals surface area contributed by atoms with Gasteiger partial charge in [-0.05, 0) is 42.5 Å². The summed E-state index contributed by atoms with van der Waals surface area (Å²) in [6.07, 6.45) is -4.30. The molecule has 0 unspecified atom stereocenters. The maximum Gasteiger partial charge on any atom is 0.416 e. The summed E-state index contributed by atoms with van der Waals surface area (Å²) in [5, 5.41) is 0. The van der Waals surface area contributed by atoms with Gasteiger partial charge in [-0.3, -0.25) is 0 Å². The van der Waals surface area contributed by atoms with Crippen LogP contribution >= 0.6 is 15.9 Å². The molecule has 0 amide bonds. The smallest absolute Gasteiger partial charge is 0.368 e. The van der Waals surface area contributed by atoms with Gasteiger partial charge in [0.05, 0.1) is 5.56 Å². The van der Waals surface area contributed by atoms with E-state index in [1.165, 1.54) is 12.1 Å². The fourth-order valence-electron chi connectivity index (χ4n) is 2.75. The second kappa shape index (κ2) is 6.43. The van der Waals surface area contributed by atoms with Crippen LogP contribution in [0.1, 0.15) is 5.56 Å². The Morgan fingerprint density at radius 1 is 0.783 bits per heavy atom. The molecule has 1 aliphatic rings. The van der Waals surface area contributed by atoms with E-state index in [0.29, 0.717) is 18.8 Å². The molecular formula is C17H16BrF3N2. The summed E-state index contributed by atoms with van der Waals surface area (Å²) in [7, 11) is 0. The Morgan fingerprint density at radius 3 is 1.91 bits per heavy atom. The van der Waals surface area contributed by atoms with Gasteiger partial charge in [-0.15, -0.1) is 0 Å². The maximum absolute atomic E-state index is 12.8. The lowest BCUT2D eigenvalue weighted by atomic mass is 10.1. The molecule has 0 radical (unpaired) electrons. The SMILES string of the molecule is FC(F)(F)c1cccc(N2CCN(c3ccc(Br)cc3)CC2)c1. The summed E-state index contributed by atoms with van der Waals surface area (Å²) in [5.41, 5.74) is 1.18. The lowest BCUT2D eigenvalue weighted by Crippen LogP contribution is -2.46. The molecule has 6 heteroatoms. The third-order valence-electron chi connectivity index (χ3n) is 4.01. The van der Waals surface area contributed by atoms with Crippen LogP contribution in [-0.4, -0.2) is 26.2 Å². The Hall–Kier alpha value is -1.69. The van der Waals surface area contributed by atoms with Crippen LogP contribution in [0.5, 0.6) is 0 Å². The van der Waals surface area contributed by atoms with Crippen LogP contribution < -0.4 is 9.80 Å². The van der Waals surface area contributed by atoms with Crippen LogP contribution in [0, 0.1) is 0 Å². The van der Waals surface area contributed by atoms with Crippen LogP contribution in [0.25, 0.3) is 0 Å². The summed E-state index contributed by atoms with van der Waals surface area (Å²) < 4.78 is 39.5. The van der Waals surface area contributed by atoms with Gasteiger partial charge in [0.25, 0.3) is 0 Å². The van der Waals surface area contributed by atoms with E-state index in [1.807, 2.05) is 29.2 Å². The van der Waals surface area contributed by atoms with E-state index < -0.39 is 11.7 Å². The zero-order chi connectivity index (χ0) is 16.4. The van der Waals surface area contributed by atoms with E-state index in [9.17, 15) is 13.2 Å². The predicted octanol–water partition coefficient (Wildman–Crippen LogP) is 4.79. The number of hydrogen-bond acceptors (Lipinski definition) is 2. The van der Waals surface area contributed by atoms with Gasteiger partial charge >= 0.3 is 6.18 Å². The Balaban J connectivity index is 1.68. The lowest BCUT2D eigenvalue weighted by molar-refractivity contribution is -0.137. The average Bonchev–Trinajstić information content (AvgIpc) is 2.55. The summed E-state index contributed by atoms with van der Waals surface area (Å²) in [5.74, 6) is 0. The molecular weight excluding hydrogens is 369 g/mol. The van der Waals surface area contributed by atoms with E-state index in [2.05, 4.69) is 20.8 Å². The molecule has 0 saturated carbocycles. The molecule has 1 heterocycles. The molecule has 1 fully saturated rings. The first-order valence-electron chi connectivity index (χ1n) is 7.36. The van der Waals surface area contributed by atoms with E-state index in [0.717, 1.165) is 29.3 Å². The van der Waals surface area contributed by atoms with Crippen molar-refractivity contribution in [2.24, 2.45) is 0 Å². The van der Waals surface area contributed by atoms with Crippen molar-refractivity contribution in [3.63, 3.8) is 0 Å². The molecule has 2 nitrogen and oxygen atoms in total. The van der Waals surface area contributed by atoms with E-state index in [4.69, 9.17) is 0 Å². The average molecular weight is 385 g/mol. The van der Waals surface area contributed by atoms with Crippen molar-refractivity contribution in [2.45, 2.75) is 6.18 Å². The highest BCUT2D eigenvalue weighted by Gasteiger charge is 2.31. The summed E-state index contributed by atoms with van der Waals surface area (Å²) in [4.78, 5) is 4.25. The van der Waals surface area contributed by atoms with E-state index in [1.54, 1.807) is 6.07 Å². The lowest BCUT2D eigenvalue weighted by Gasteiger charge is -2.37. The van der Waals surface area contributed by atoms with Gasteiger partial charge in [0.1, 0.15) is 0 Å². The quantitative estimate of drug-likeness (QED) is 0.733. The van der Waals surface area contributed by atoms with Crippen molar-refractivity contribution < 1.29 is 13.2 Å². The largest absolute Gasteiger partial charge is 0.416 e. The summed E-state index contributed by atoms with van der Waals surface area (Å²) in [6, 6.07) is 13.6. The number of halogens is 4. The van der Waals surface area contributed by atoms with Gasteiger partial charge in [0, 0.05) is 42.0 Å². The van der Waals surface area contributed by atoms with Gasteiger partial charge in [0.15, 0.2) is 0 Å². The zero-order valence-corrected chi connectivity index (χ0v) is 13.9. The third-order valence-corrected chi connectivity index (χ3v) is 4.54. The molecule has 0 spiro atoms. The van der Waals surface area contributed by atoms with Crippen molar-refractivity contribution in [3.05, 3.63) is 58.6 Å². The number of benzene rings is 2. The number of rotatable bonds is 2. The molecule has 2 aromatic rings. The van der Waals surface area contributed by atoms with E-state index >= 15 is 0 Å². The molecule has 0 N–H and O–H groups in total. The minimum Gasteiger partial charge on any atom is -0.368 e. The van der Waals surface area contributed by atoms with Crippen LogP contribution in [-0.2, 0) is 6.18 Å². The number of anilines is 2. The predicted molar refractivity (Wildman–Crippen MR) is 90.0 cm³/mol. The van der Waals surface area contributed by atoms with Crippen LogP contribution in [0.2, 0.25) is 0 Å². The molecule has 122 valence electrons. The van der Waals surface area contributed by atoms with Crippen molar-refractivity contribution in [3.8, 4) is 0 Å². The Labute approximate surface area is 141 Å². The molecule has 3 rings (SSSR count). The van der Waals surface area contributed by atoms with Crippen molar-refractivity contribution in [1.82, 2.24) is 0 Å². The van der Waals surface area contributed by atoms with E-state index in [-0.39, 0.29) is 0 Å². The highest BCUT2D eigenvalue weighted by Crippen LogP contribution is 2.32. The molecule has 0 atom stereocenters. The summed E-state index contributed by atoms with van der Waals surface area (Å²) in [6.45, 7) is 2.99. The number of hydrogen-bond donors (Lipinski definition) is 0. The Bertz CT molecular complexity index is 662. The first-order valence-corrected chi connectivity index (χ1v) is 8.15. The molecule has 1 aliphatic heterocycles. The van der Waals surface area contributed by atoms with Crippen LogP contribution in [0.15, 0.2) is 53.0 Å². The fraction of sp³-hybridized carbons (Fsp3) is 0.294. The first kappa shape index (κ1) is 16.2. The number of nitrogens with zero attached hydrogens (tertiary/aromatic N) is 2. The standard InChI is InChI=1S/C17H16BrF3N2/c18-14-4-6-15(7-5-14)22-8-10-23(11-9-22)16-3-1-2-13(12-16)17(19,20)21/h1-7,12H,8-11H2. The number of alkyl halides is 3. The minimum absolute atomic E-state index is 0.592. The molecule has 0 aliphatic carbocycles. The maximum atomic E-state index is 12.8. The van der Waals surface area contributed by atoms with Gasteiger partial charge in [-0.2, -0.15) is 13.2 Å². The van der Waals surface area contributed by atoms with Gasteiger partial charge in [0.2, 0.25) is 0 Å². The normalized spacial score (nSPS) is 15.8. The minimum atomic E-state index is -4.30. The topological polar surface area (TPSA) is 6.48 Å². The molecule has 23 heavy (non-hydrogen) atoms. The van der Waals surface area contributed by atoms with Crippen molar-refractivity contribution >= 4 is 27.3 Å². The second-order valence-electron chi connectivity index (χ2n) is 5.50. The van der Waals surface area contributed by atoms with Gasteiger partial charge < -0.3 is 9.80 Å². The monoisotopic (exact) mass is 384 g/mol.